The van der Waals surface area contributed by atoms with Crippen LogP contribution in [0.25, 0.3) is 11.4 Å². The number of hydrogen-bond donors (Lipinski definition) is 1. The van der Waals surface area contributed by atoms with Crippen LogP contribution in [-0.2, 0) is 0 Å². The average Bonchev–Trinajstić information content (AvgIpc) is 3.04. The highest BCUT2D eigenvalue weighted by Crippen LogP contribution is 2.29. The molecule has 0 aliphatic carbocycles. The van der Waals surface area contributed by atoms with Crippen LogP contribution in [0.3, 0.4) is 0 Å². The minimum atomic E-state index is -0.00322. The van der Waals surface area contributed by atoms with E-state index in [2.05, 4.69) is 19.9 Å². The predicted octanol–water partition coefficient (Wildman–Crippen LogP) is 2.13. The lowest BCUT2D eigenvalue weighted by molar-refractivity contribution is 0.305. The van der Waals surface area contributed by atoms with Crippen molar-refractivity contribution in [1.29, 1.82) is 0 Å². The van der Waals surface area contributed by atoms with E-state index in [-0.39, 0.29) is 6.61 Å². The highest BCUT2D eigenvalue weighted by molar-refractivity contribution is 7.14. The van der Waals surface area contributed by atoms with E-state index >= 15 is 0 Å². The zero-order valence-electron chi connectivity index (χ0n) is 11.1. The van der Waals surface area contributed by atoms with Crippen LogP contribution in [0.2, 0.25) is 0 Å². The Morgan fingerprint density at radius 1 is 1.00 bits per heavy atom. The van der Waals surface area contributed by atoms with Crippen LogP contribution >= 0.6 is 11.3 Å². The Morgan fingerprint density at radius 2 is 1.81 bits per heavy atom. The van der Waals surface area contributed by atoms with Crippen molar-refractivity contribution < 1.29 is 5.11 Å². The van der Waals surface area contributed by atoms with E-state index < -0.39 is 0 Å². The molecule has 3 rings (SSSR count). The third kappa shape index (κ3) is 3.04. The van der Waals surface area contributed by atoms with Crippen molar-refractivity contribution in [3.8, 4) is 11.4 Å². The van der Waals surface area contributed by atoms with Crippen molar-refractivity contribution in [2.45, 2.75) is 0 Å². The summed E-state index contributed by atoms with van der Waals surface area (Å²) in [5.41, 5.74) is 1.62. The van der Waals surface area contributed by atoms with Crippen LogP contribution in [0, 0.1) is 0 Å². The van der Waals surface area contributed by atoms with Gasteiger partial charge in [0.15, 0.2) is 5.13 Å². The fraction of sp³-hybridized carbons (Fsp3) is 0.143. The lowest BCUT2D eigenvalue weighted by atomic mass is 10.3. The van der Waals surface area contributed by atoms with Gasteiger partial charge in [-0.2, -0.15) is 0 Å². The fourth-order valence-corrected chi connectivity index (χ4v) is 2.67. The Balaban J connectivity index is 1.93. The molecule has 7 heteroatoms. The molecule has 0 atom stereocenters. The first-order chi connectivity index (χ1) is 10.4. The second kappa shape index (κ2) is 6.38. The van der Waals surface area contributed by atoms with Crippen molar-refractivity contribution in [3.05, 3.63) is 48.2 Å². The summed E-state index contributed by atoms with van der Waals surface area (Å²) in [6.45, 7) is 0.385. The first-order valence-electron chi connectivity index (χ1n) is 6.41. The second-order valence-electron chi connectivity index (χ2n) is 4.15. The number of anilines is 2. The van der Waals surface area contributed by atoms with Gasteiger partial charge in [0.25, 0.3) is 0 Å². The van der Waals surface area contributed by atoms with E-state index in [1.54, 1.807) is 29.6 Å². The van der Waals surface area contributed by atoms with E-state index in [0.717, 1.165) is 16.5 Å². The van der Waals surface area contributed by atoms with Gasteiger partial charge in [-0.25, -0.2) is 15.0 Å². The molecule has 0 bridgehead atoms. The van der Waals surface area contributed by atoms with Crippen LogP contribution < -0.4 is 4.90 Å². The monoisotopic (exact) mass is 299 g/mol. The number of nitrogens with zero attached hydrogens (tertiary/aromatic N) is 5. The number of hydrogen-bond acceptors (Lipinski definition) is 7. The third-order valence-electron chi connectivity index (χ3n) is 2.77. The molecule has 3 heterocycles. The highest BCUT2D eigenvalue weighted by Gasteiger charge is 2.16. The Kier molecular flexibility index (Phi) is 4.13. The normalized spacial score (nSPS) is 10.5. The van der Waals surface area contributed by atoms with Crippen LogP contribution in [-0.4, -0.2) is 38.2 Å². The quantitative estimate of drug-likeness (QED) is 0.778. The van der Waals surface area contributed by atoms with E-state index in [9.17, 15) is 5.11 Å². The van der Waals surface area contributed by atoms with Gasteiger partial charge < -0.3 is 5.11 Å². The lowest BCUT2D eigenvalue weighted by Gasteiger charge is -2.17. The summed E-state index contributed by atoms with van der Waals surface area (Å²) in [5, 5.41) is 11.9. The Morgan fingerprint density at radius 3 is 2.52 bits per heavy atom. The van der Waals surface area contributed by atoms with Crippen molar-refractivity contribution in [2.75, 3.05) is 18.1 Å². The van der Waals surface area contributed by atoms with Crippen molar-refractivity contribution >= 4 is 22.4 Å². The molecule has 21 heavy (non-hydrogen) atoms. The van der Waals surface area contributed by atoms with Crippen molar-refractivity contribution in [3.63, 3.8) is 0 Å². The molecule has 0 spiro atoms. The van der Waals surface area contributed by atoms with Gasteiger partial charge in [-0.05, 0) is 18.2 Å². The van der Waals surface area contributed by atoms with Crippen LogP contribution in [0.5, 0.6) is 0 Å². The largest absolute Gasteiger partial charge is 0.395 e. The maximum absolute atomic E-state index is 9.25. The number of rotatable bonds is 5. The number of aliphatic hydroxyl groups is 1. The molecule has 0 aliphatic heterocycles. The molecule has 3 aromatic rings. The molecule has 0 radical (unpaired) electrons. The van der Waals surface area contributed by atoms with Gasteiger partial charge in [-0.3, -0.25) is 9.88 Å². The molecular weight excluding hydrogens is 286 g/mol. The van der Waals surface area contributed by atoms with E-state index in [4.69, 9.17) is 0 Å². The molecule has 0 saturated carbocycles. The van der Waals surface area contributed by atoms with Gasteiger partial charge in [-0.15, -0.1) is 11.3 Å². The maximum atomic E-state index is 9.25. The molecule has 1 N–H and O–H groups in total. The van der Waals surface area contributed by atoms with E-state index in [0.29, 0.717) is 12.5 Å². The molecule has 0 saturated heterocycles. The summed E-state index contributed by atoms with van der Waals surface area (Å²) in [5.74, 6) is 0.522. The molecule has 6 nitrogen and oxygen atoms in total. The second-order valence-corrected chi connectivity index (χ2v) is 4.99. The molecule has 0 unspecified atom stereocenters. The first kappa shape index (κ1) is 13.6. The Hall–Kier alpha value is -2.38. The van der Waals surface area contributed by atoms with E-state index in [1.165, 1.54) is 11.3 Å². The summed E-state index contributed by atoms with van der Waals surface area (Å²) in [4.78, 5) is 19.1. The molecule has 3 aromatic heterocycles. The number of pyridine rings is 1. The van der Waals surface area contributed by atoms with Crippen molar-refractivity contribution in [2.24, 2.45) is 0 Å². The molecule has 0 fully saturated rings. The van der Waals surface area contributed by atoms with Gasteiger partial charge in [0.1, 0.15) is 5.69 Å². The number of aromatic nitrogens is 4. The lowest BCUT2D eigenvalue weighted by Crippen LogP contribution is -2.22. The molecular formula is C14H13N5OS. The molecule has 0 amide bonds. The average molecular weight is 299 g/mol. The third-order valence-corrected chi connectivity index (χ3v) is 3.63. The van der Waals surface area contributed by atoms with E-state index in [1.807, 2.05) is 23.6 Å². The summed E-state index contributed by atoms with van der Waals surface area (Å²) >= 11 is 1.47. The summed E-state index contributed by atoms with van der Waals surface area (Å²) in [6, 6.07) is 7.45. The van der Waals surface area contributed by atoms with Crippen LogP contribution in [0.4, 0.5) is 11.1 Å². The van der Waals surface area contributed by atoms with Gasteiger partial charge in [0.2, 0.25) is 5.95 Å². The summed E-state index contributed by atoms with van der Waals surface area (Å²) < 4.78 is 0. The molecule has 106 valence electrons. The molecule has 0 aromatic carbocycles. The molecule has 0 aliphatic rings. The smallest absolute Gasteiger partial charge is 0.231 e. The summed E-state index contributed by atoms with van der Waals surface area (Å²) in [6.07, 6.45) is 5.07. The zero-order chi connectivity index (χ0) is 14.5. The Labute approximate surface area is 125 Å². The highest BCUT2D eigenvalue weighted by atomic mass is 32.1. The first-order valence-corrected chi connectivity index (χ1v) is 7.29. The SMILES string of the molecule is OCCN(c1ncccn1)c1nc(-c2ccccn2)cs1. The zero-order valence-corrected chi connectivity index (χ0v) is 11.9. The van der Waals surface area contributed by atoms with Crippen molar-refractivity contribution in [1.82, 2.24) is 19.9 Å². The maximum Gasteiger partial charge on any atom is 0.231 e. The number of aliphatic hydroxyl groups excluding tert-OH is 1. The van der Waals surface area contributed by atoms with Gasteiger partial charge in [-0.1, -0.05) is 6.07 Å². The minimum absolute atomic E-state index is 0.00322. The topological polar surface area (TPSA) is 75.0 Å². The Bertz CT molecular complexity index is 689. The standard InChI is InChI=1S/C14H13N5OS/c20-9-8-19(13-16-6-3-7-17-13)14-18-12(10-21-14)11-4-1-2-5-15-11/h1-7,10,20H,8-9H2. The fourth-order valence-electron chi connectivity index (χ4n) is 1.83. The van der Waals surface area contributed by atoms with Gasteiger partial charge in [0, 0.05) is 24.0 Å². The van der Waals surface area contributed by atoms with Crippen LogP contribution in [0.15, 0.2) is 48.2 Å². The summed E-state index contributed by atoms with van der Waals surface area (Å²) in [7, 11) is 0. The minimum Gasteiger partial charge on any atom is -0.395 e. The van der Waals surface area contributed by atoms with Gasteiger partial charge >= 0.3 is 0 Å². The number of thiazole rings is 1. The van der Waals surface area contributed by atoms with Gasteiger partial charge in [0.05, 0.1) is 18.8 Å². The predicted molar refractivity (Wildman–Crippen MR) is 81.5 cm³/mol. The van der Waals surface area contributed by atoms with Crippen LogP contribution in [0.1, 0.15) is 0 Å².